The van der Waals surface area contributed by atoms with Crippen LogP contribution in [0.5, 0.6) is 0 Å². The van der Waals surface area contributed by atoms with E-state index in [0.29, 0.717) is 5.69 Å². The van der Waals surface area contributed by atoms with Gasteiger partial charge in [-0.1, -0.05) is 0 Å². The molecule has 0 fully saturated rings. The van der Waals surface area contributed by atoms with Gasteiger partial charge >= 0.3 is 5.97 Å². The number of hydrogen-bond acceptors (Lipinski definition) is 4. The van der Waals surface area contributed by atoms with E-state index in [9.17, 15) is 9.59 Å². The van der Waals surface area contributed by atoms with Crippen LogP contribution in [-0.4, -0.2) is 28.5 Å². The van der Waals surface area contributed by atoms with Crippen molar-refractivity contribution in [2.75, 3.05) is 6.54 Å². The van der Waals surface area contributed by atoms with Crippen LogP contribution in [0.1, 0.15) is 15.4 Å². The lowest BCUT2D eigenvalue weighted by Gasteiger charge is -1.98. The Balaban J connectivity index is 2.59. The van der Waals surface area contributed by atoms with Crippen LogP contribution in [0.25, 0.3) is 0 Å². The third kappa shape index (κ3) is 2.51. The van der Waals surface area contributed by atoms with E-state index in [0.717, 1.165) is 4.88 Å². The van der Waals surface area contributed by atoms with Crippen molar-refractivity contribution in [2.45, 2.75) is 6.92 Å². The minimum absolute atomic E-state index is 0.297. The molecule has 70 valence electrons. The minimum Gasteiger partial charge on any atom is -0.480 e. The molecule has 0 aliphatic heterocycles. The van der Waals surface area contributed by atoms with E-state index < -0.39 is 11.9 Å². The molecule has 1 aromatic heterocycles. The third-order valence-corrected chi connectivity index (χ3v) is 2.12. The molecule has 0 bridgehead atoms. The number of nitrogens with zero attached hydrogens (tertiary/aromatic N) is 1. The number of carboxylic acids is 1. The van der Waals surface area contributed by atoms with E-state index in [2.05, 4.69) is 10.3 Å². The molecule has 0 saturated heterocycles. The van der Waals surface area contributed by atoms with Crippen LogP contribution < -0.4 is 5.32 Å². The molecule has 1 amide bonds. The molecule has 0 atom stereocenters. The molecule has 0 saturated carbocycles. The van der Waals surface area contributed by atoms with Gasteiger partial charge in [-0.25, -0.2) is 4.98 Å². The lowest BCUT2D eigenvalue weighted by molar-refractivity contribution is -0.135. The quantitative estimate of drug-likeness (QED) is 0.733. The van der Waals surface area contributed by atoms with E-state index >= 15 is 0 Å². The Morgan fingerprint density at radius 1 is 1.69 bits per heavy atom. The van der Waals surface area contributed by atoms with Crippen molar-refractivity contribution in [3.63, 3.8) is 0 Å². The highest BCUT2D eigenvalue weighted by molar-refractivity contribution is 7.09. The molecule has 2 N–H and O–H groups in total. The molecule has 0 spiro atoms. The summed E-state index contributed by atoms with van der Waals surface area (Å²) >= 11 is 1.35. The Morgan fingerprint density at radius 2 is 2.38 bits per heavy atom. The maximum Gasteiger partial charge on any atom is 0.322 e. The van der Waals surface area contributed by atoms with Crippen LogP contribution in [-0.2, 0) is 4.79 Å². The van der Waals surface area contributed by atoms with Crippen LogP contribution in [0, 0.1) is 6.92 Å². The first-order valence-electron chi connectivity index (χ1n) is 3.51. The van der Waals surface area contributed by atoms with E-state index in [-0.39, 0.29) is 6.54 Å². The second kappa shape index (κ2) is 3.99. The molecule has 6 heteroatoms. The number of carbonyl (C=O) groups is 2. The standard InChI is InChI=1S/C7H8N2O3S/c1-4-6(9-3-13-4)7(12)8-2-5(10)11/h3H,2H2,1H3,(H,8,12)(H,10,11). The summed E-state index contributed by atoms with van der Waals surface area (Å²) in [6.07, 6.45) is 0. The lowest BCUT2D eigenvalue weighted by atomic mass is 10.3. The number of amides is 1. The van der Waals surface area contributed by atoms with E-state index in [1.165, 1.54) is 11.3 Å². The largest absolute Gasteiger partial charge is 0.480 e. The zero-order valence-corrected chi connectivity index (χ0v) is 7.72. The van der Waals surface area contributed by atoms with E-state index in [4.69, 9.17) is 5.11 Å². The van der Waals surface area contributed by atoms with Crippen molar-refractivity contribution in [3.8, 4) is 0 Å². The van der Waals surface area contributed by atoms with Crippen LogP contribution in [0.3, 0.4) is 0 Å². The summed E-state index contributed by atoms with van der Waals surface area (Å²) < 4.78 is 0. The second-order valence-corrected chi connectivity index (χ2v) is 3.39. The fourth-order valence-electron chi connectivity index (χ4n) is 0.763. The SMILES string of the molecule is Cc1scnc1C(=O)NCC(=O)O. The average Bonchev–Trinajstić information content (AvgIpc) is 2.47. The topological polar surface area (TPSA) is 79.3 Å². The number of aryl methyl sites for hydroxylation is 1. The van der Waals surface area contributed by atoms with Gasteiger partial charge in [-0.05, 0) is 6.92 Å². The molecule has 13 heavy (non-hydrogen) atoms. The van der Waals surface area contributed by atoms with Crippen LogP contribution in [0.4, 0.5) is 0 Å². The maximum absolute atomic E-state index is 11.2. The van der Waals surface area contributed by atoms with Crippen molar-refractivity contribution >= 4 is 23.2 Å². The third-order valence-electron chi connectivity index (χ3n) is 1.36. The van der Waals surface area contributed by atoms with Crippen LogP contribution >= 0.6 is 11.3 Å². The fraction of sp³-hybridized carbons (Fsp3) is 0.286. The number of nitrogens with one attached hydrogen (secondary N) is 1. The van der Waals surface area contributed by atoms with Gasteiger partial charge in [0.05, 0.1) is 5.51 Å². The van der Waals surface area contributed by atoms with E-state index in [1.54, 1.807) is 12.4 Å². The molecule has 1 rings (SSSR count). The first-order valence-corrected chi connectivity index (χ1v) is 4.39. The number of aliphatic carboxylic acids is 1. The minimum atomic E-state index is -1.07. The maximum atomic E-state index is 11.2. The molecule has 0 aliphatic carbocycles. The lowest BCUT2D eigenvalue weighted by Crippen LogP contribution is -2.29. The van der Waals surface area contributed by atoms with Gasteiger partial charge in [0.1, 0.15) is 12.2 Å². The molecule has 5 nitrogen and oxygen atoms in total. The highest BCUT2D eigenvalue weighted by Crippen LogP contribution is 2.10. The first-order chi connectivity index (χ1) is 6.11. The van der Waals surface area contributed by atoms with Crippen molar-refractivity contribution in [2.24, 2.45) is 0 Å². The Morgan fingerprint density at radius 3 is 2.85 bits per heavy atom. The van der Waals surface area contributed by atoms with Gasteiger partial charge in [0.25, 0.3) is 5.91 Å². The van der Waals surface area contributed by atoms with Crippen LogP contribution in [0.15, 0.2) is 5.51 Å². The number of rotatable bonds is 3. The summed E-state index contributed by atoms with van der Waals surface area (Å²) in [7, 11) is 0. The van der Waals surface area contributed by atoms with Gasteiger partial charge in [0.15, 0.2) is 0 Å². The highest BCUT2D eigenvalue weighted by Gasteiger charge is 2.11. The summed E-state index contributed by atoms with van der Waals surface area (Å²) in [4.78, 5) is 25.9. The number of thiazole rings is 1. The summed E-state index contributed by atoms with van der Waals surface area (Å²) in [6.45, 7) is 1.38. The van der Waals surface area contributed by atoms with Gasteiger partial charge in [0.2, 0.25) is 0 Å². The Hall–Kier alpha value is -1.43. The summed E-state index contributed by atoms with van der Waals surface area (Å²) in [5.74, 6) is -1.51. The molecule has 0 radical (unpaired) electrons. The number of carbonyl (C=O) groups excluding carboxylic acids is 1. The summed E-state index contributed by atoms with van der Waals surface area (Å²) in [5.41, 5.74) is 1.84. The molecule has 1 aromatic rings. The second-order valence-electron chi connectivity index (χ2n) is 2.33. The zero-order chi connectivity index (χ0) is 9.84. The number of carboxylic acid groups (broad SMARTS) is 1. The fourth-order valence-corrected chi connectivity index (χ4v) is 1.34. The highest BCUT2D eigenvalue weighted by atomic mass is 32.1. The monoisotopic (exact) mass is 200 g/mol. The number of hydrogen-bond donors (Lipinski definition) is 2. The molecule has 0 aromatic carbocycles. The molecular weight excluding hydrogens is 192 g/mol. The van der Waals surface area contributed by atoms with Crippen molar-refractivity contribution in [1.82, 2.24) is 10.3 Å². The van der Waals surface area contributed by atoms with Gasteiger partial charge in [-0.3, -0.25) is 9.59 Å². The molecule has 1 heterocycles. The summed E-state index contributed by atoms with van der Waals surface area (Å²) in [5, 5.41) is 10.5. The summed E-state index contributed by atoms with van der Waals surface area (Å²) in [6, 6.07) is 0. The Labute approximate surface area is 78.4 Å². The normalized spacial score (nSPS) is 9.62. The van der Waals surface area contributed by atoms with Crippen molar-refractivity contribution in [1.29, 1.82) is 0 Å². The van der Waals surface area contributed by atoms with Crippen molar-refractivity contribution in [3.05, 3.63) is 16.1 Å². The average molecular weight is 200 g/mol. The smallest absolute Gasteiger partial charge is 0.322 e. The molecular formula is C7H8N2O3S. The number of aromatic nitrogens is 1. The van der Waals surface area contributed by atoms with E-state index in [1.807, 2.05) is 0 Å². The predicted molar refractivity (Wildman–Crippen MR) is 46.8 cm³/mol. The van der Waals surface area contributed by atoms with Gasteiger partial charge in [0, 0.05) is 4.88 Å². The Kier molecular flexibility index (Phi) is 2.97. The van der Waals surface area contributed by atoms with Crippen molar-refractivity contribution < 1.29 is 14.7 Å². The molecule has 0 unspecified atom stereocenters. The van der Waals surface area contributed by atoms with Gasteiger partial charge in [-0.2, -0.15) is 0 Å². The Bertz CT molecular complexity index is 334. The van der Waals surface area contributed by atoms with Gasteiger partial charge < -0.3 is 10.4 Å². The predicted octanol–water partition coefficient (Wildman–Crippen LogP) is 0.266. The molecule has 0 aliphatic rings. The first kappa shape index (κ1) is 9.66. The van der Waals surface area contributed by atoms with Gasteiger partial charge in [-0.15, -0.1) is 11.3 Å². The van der Waals surface area contributed by atoms with Crippen LogP contribution in [0.2, 0.25) is 0 Å². The zero-order valence-electron chi connectivity index (χ0n) is 6.90.